The summed E-state index contributed by atoms with van der Waals surface area (Å²) in [6.45, 7) is 1.81. The normalized spacial score (nSPS) is 10.8. The van der Waals surface area contributed by atoms with Gasteiger partial charge in [-0.25, -0.2) is 4.39 Å². The average molecular weight is 367 g/mol. The molecule has 4 heteroatoms. The Balaban J connectivity index is 2.14. The molecule has 96 valence electrons. The summed E-state index contributed by atoms with van der Waals surface area (Å²) in [4.78, 5) is 0. The highest BCUT2D eigenvalue weighted by Crippen LogP contribution is 2.17. The Hall–Kier alpha value is 0.0700. The molecule has 0 aliphatic carbocycles. The molecule has 1 nitrogen and oxygen atoms in total. The molecule has 1 N–H and O–H groups in total. The number of benzene rings is 1. The Kier molecular flexibility index (Phi) is 8.06. The van der Waals surface area contributed by atoms with E-state index in [2.05, 4.69) is 37.2 Å². The molecule has 0 saturated carbocycles. The SMILES string of the molecule is Fc1ccc(CNCCCCCCBr)c(Br)c1. The van der Waals surface area contributed by atoms with Crippen LogP contribution in [0.1, 0.15) is 31.2 Å². The lowest BCUT2D eigenvalue weighted by atomic mass is 10.2. The van der Waals surface area contributed by atoms with E-state index in [1.165, 1.54) is 37.8 Å². The van der Waals surface area contributed by atoms with E-state index in [1.807, 2.05) is 6.07 Å². The van der Waals surface area contributed by atoms with Crippen LogP contribution in [0.2, 0.25) is 0 Å². The lowest BCUT2D eigenvalue weighted by Gasteiger charge is -2.06. The molecule has 0 bridgehead atoms. The Labute approximate surface area is 119 Å². The van der Waals surface area contributed by atoms with Gasteiger partial charge in [0.25, 0.3) is 0 Å². The summed E-state index contributed by atoms with van der Waals surface area (Å²) in [5.41, 5.74) is 1.10. The Morgan fingerprint density at radius 2 is 1.88 bits per heavy atom. The smallest absolute Gasteiger partial charge is 0.124 e. The summed E-state index contributed by atoms with van der Waals surface area (Å²) >= 11 is 6.79. The van der Waals surface area contributed by atoms with Gasteiger partial charge in [0.05, 0.1) is 0 Å². The van der Waals surface area contributed by atoms with Crippen molar-refractivity contribution in [3.05, 3.63) is 34.1 Å². The molecule has 0 heterocycles. The van der Waals surface area contributed by atoms with Gasteiger partial charge in [0.1, 0.15) is 5.82 Å². The number of rotatable bonds is 8. The first-order chi connectivity index (χ1) is 8.24. The minimum atomic E-state index is -0.199. The molecule has 0 radical (unpaired) electrons. The average Bonchev–Trinajstić information content (AvgIpc) is 2.30. The predicted octanol–water partition coefficient (Wildman–Crippen LogP) is 4.63. The van der Waals surface area contributed by atoms with Gasteiger partial charge >= 0.3 is 0 Å². The van der Waals surface area contributed by atoms with Crippen LogP contribution < -0.4 is 5.32 Å². The lowest BCUT2D eigenvalue weighted by molar-refractivity contribution is 0.596. The van der Waals surface area contributed by atoms with E-state index in [0.717, 1.165) is 28.5 Å². The van der Waals surface area contributed by atoms with Gasteiger partial charge in [-0.2, -0.15) is 0 Å². The van der Waals surface area contributed by atoms with Crippen molar-refractivity contribution in [3.63, 3.8) is 0 Å². The number of halogens is 3. The van der Waals surface area contributed by atoms with Crippen LogP contribution in [0.15, 0.2) is 22.7 Å². The highest BCUT2D eigenvalue weighted by molar-refractivity contribution is 9.10. The van der Waals surface area contributed by atoms with Crippen molar-refractivity contribution in [1.29, 1.82) is 0 Å². The van der Waals surface area contributed by atoms with E-state index >= 15 is 0 Å². The lowest BCUT2D eigenvalue weighted by Crippen LogP contribution is -2.15. The second-order valence-corrected chi connectivity index (χ2v) is 5.66. The van der Waals surface area contributed by atoms with Gasteiger partial charge in [0.15, 0.2) is 0 Å². The highest BCUT2D eigenvalue weighted by Gasteiger charge is 2.00. The first-order valence-corrected chi connectivity index (χ1v) is 7.86. The van der Waals surface area contributed by atoms with Crippen molar-refractivity contribution in [2.24, 2.45) is 0 Å². The quantitative estimate of drug-likeness (QED) is 0.522. The van der Waals surface area contributed by atoms with Crippen molar-refractivity contribution < 1.29 is 4.39 Å². The van der Waals surface area contributed by atoms with Crippen molar-refractivity contribution in [1.82, 2.24) is 5.32 Å². The Bertz CT molecular complexity index is 331. The summed E-state index contributed by atoms with van der Waals surface area (Å²) in [6, 6.07) is 4.82. The molecule has 0 aromatic heterocycles. The number of nitrogens with one attached hydrogen (secondary N) is 1. The van der Waals surface area contributed by atoms with Crippen LogP contribution >= 0.6 is 31.9 Å². The van der Waals surface area contributed by atoms with Crippen molar-refractivity contribution in [2.75, 3.05) is 11.9 Å². The fraction of sp³-hybridized carbons (Fsp3) is 0.538. The molecule has 0 unspecified atom stereocenters. The third-order valence-corrected chi connectivity index (χ3v) is 3.87. The van der Waals surface area contributed by atoms with Gasteiger partial charge in [0.2, 0.25) is 0 Å². The molecule has 0 amide bonds. The Morgan fingerprint density at radius 1 is 1.12 bits per heavy atom. The number of hydrogen-bond donors (Lipinski definition) is 1. The first-order valence-electron chi connectivity index (χ1n) is 5.94. The summed E-state index contributed by atoms with van der Waals surface area (Å²) in [5, 5.41) is 4.47. The minimum Gasteiger partial charge on any atom is -0.313 e. The van der Waals surface area contributed by atoms with E-state index in [0.29, 0.717) is 0 Å². The van der Waals surface area contributed by atoms with Crippen LogP contribution in [-0.2, 0) is 6.54 Å². The number of hydrogen-bond acceptors (Lipinski definition) is 1. The molecule has 0 aliphatic rings. The third kappa shape index (κ3) is 6.53. The van der Waals surface area contributed by atoms with Crippen LogP contribution in [0.25, 0.3) is 0 Å². The zero-order valence-electron chi connectivity index (χ0n) is 9.82. The number of unbranched alkanes of at least 4 members (excludes halogenated alkanes) is 3. The van der Waals surface area contributed by atoms with E-state index in [1.54, 1.807) is 0 Å². The van der Waals surface area contributed by atoms with Crippen LogP contribution in [-0.4, -0.2) is 11.9 Å². The molecule has 17 heavy (non-hydrogen) atoms. The molecule has 1 rings (SSSR count). The van der Waals surface area contributed by atoms with Gasteiger partial charge in [-0.3, -0.25) is 0 Å². The van der Waals surface area contributed by atoms with Crippen molar-refractivity contribution in [3.8, 4) is 0 Å². The second kappa shape index (κ2) is 9.06. The van der Waals surface area contributed by atoms with Crippen LogP contribution in [0.4, 0.5) is 4.39 Å². The molecule has 1 aromatic carbocycles. The van der Waals surface area contributed by atoms with Gasteiger partial charge in [-0.1, -0.05) is 50.8 Å². The molecular weight excluding hydrogens is 349 g/mol. The standard InChI is InChI=1S/C13H18Br2FN/c14-7-3-1-2-4-8-17-10-11-5-6-12(16)9-13(11)15/h5-6,9,17H,1-4,7-8,10H2. The molecule has 0 spiro atoms. The predicted molar refractivity (Wildman–Crippen MR) is 78.1 cm³/mol. The van der Waals surface area contributed by atoms with Gasteiger partial charge in [-0.15, -0.1) is 0 Å². The fourth-order valence-corrected chi connectivity index (χ4v) is 2.47. The zero-order valence-corrected chi connectivity index (χ0v) is 13.0. The monoisotopic (exact) mass is 365 g/mol. The molecular formula is C13H18Br2FN. The maximum absolute atomic E-state index is 12.9. The first kappa shape index (κ1) is 15.1. The van der Waals surface area contributed by atoms with Crippen molar-refractivity contribution in [2.45, 2.75) is 32.2 Å². The van der Waals surface area contributed by atoms with Crippen LogP contribution in [0, 0.1) is 5.82 Å². The fourth-order valence-electron chi connectivity index (χ4n) is 1.59. The van der Waals surface area contributed by atoms with E-state index < -0.39 is 0 Å². The Morgan fingerprint density at radius 3 is 2.59 bits per heavy atom. The maximum Gasteiger partial charge on any atom is 0.124 e. The highest BCUT2D eigenvalue weighted by atomic mass is 79.9. The third-order valence-electron chi connectivity index (χ3n) is 2.57. The van der Waals surface area contributed by atoms with Gasteiger partial charge in [0, 0.05) is 16.3 Å². The summed E-state index contributed by atoms with van der Waals surface area (Å²) in [5.74, 6) is -0.199. The molecule has 0 saturated heterocycles. The van der Waals surface area contributed by atoms with E-state index in [-0.39, 0.29) is 5.82 Å². The summed E-state index contributed by atoms with van der Waals surface area (Å²) in [6.07, 6.45) is 5.01. The summed E-state index contributed by atoms with van der Waals surface area (Å²) in [7, 11) is 0. The van der Waals surface area contributed by atoms with E-state index in [9.17, 15) is 4.39 Å². The summed E-state index contributed by atoms with van der Waals surface area (Å²) < 4.78 is 13.7. The van der Waals surface area contributed by atoms with Gasteiger partial charge in [-0.05, 0) is 37.1 Å². The second-order valence-electron chi connectivity index (χ2n) is 4.02. The van der Waals surface area contributed by atoms with Gasteiger partial charge < -0.3 is 5.32 Å². The largest absolute Gasteiger partial charge is 0.313 e. The molecule has 0 atom stereocenters. The molecule has 1 aromatic rings. The van der Waals surface area contributed by atoms with E-state index in [4.69, 9.17) is 0 Å². The maximum atomic E-state index is 12.9. The van der Waals surface area contributed by atoms with Crippen molar-refractivity contribution >= 4 is 31.9 Å². The van der Waals surface area contributed by atoms with Crippen LogP contribution in [0.5, 0.6) is 0 Å². The zero-order chi connectivity index (χ0) is 12.5. The van der Waals surface area contributed by atoms with Crippen LogP contribution in [0.3, 0.4) is 0 Å². The molecule has 0 fully saturated rings. The molecule has 0 aliphatic heterocycles. The number of alkyl halides is 1. The topological polar surface area (TPSA) is 12.0 Å². The minimum absolute atomic E-state index is 0.199.